The number of amides is 1. The fourth-order valence-corrected chi connectivity index (χ4v) is 2.93. The average molecular weight is 443 g/mol. The molecular weight excluding hydrogens is 394 g/mol. The van der Waals surface area contributed by atoms with Gasteiger partial charge >= 0.3 is 0 Å². The van der Waals surface area contributed by atoms with Crippen LogP contribution in [-0.2, 0) is 4.79 Å². The summed E-state index contributed by atoms with van der Waals surface area (Å²) < 4.78 is 128. The van der Waals surface area contributed by atoms with Gasteiger partial charge < -0.3 is 19.9 Å². The van der Waals surface area contributed by atoms with Gasteiger partial charge in [0.05, 0.1) is 23.2 Å². The molecule has 0 bridgehead atoms. The van der Waals surface area contributed by atoms with E-state index < -0.39 is 74.1 Å². The van der Waals surface area contributed by atoms with Crippen molar-refractivity contribution in [3.8, 4) is 11.5 Å². The van der Waals surface area contributed by atoms with Gasteiger partial charge in [-0.3, -0.25) is 14.6 Å². The zero-order chi connectivity index (χ0) is 35.1. The first-order valence-corrected chi connectivity index (χ1v) is 9.38. The molecule has 7 nitrogen and oxygen atoms in total. The molecule has 1 aliphatic rings. The van der Waals surface area contributed by atoms with Crippen molar-refractivity contribution >= 4 is 11.6 Å². The minimum atomic E-state index is -3.59. The highest BCUT2D eigenvalue weighted by Gasteiger charge is 2.21. The van der Waals surface area contributed by atoms with E-state index in [1.165, 1.54) is 17.0 Å². The van der Waals surface area contributed by atoms with Gasteiger partial charge in [0.25, 0.3) is 0 Å². The van der Waals surface area contributed by atoms with Crippen LogP contribution in [0.4, 0.5) is 5.69 Å². The van der Waals surface area contributed by atoms with Crippen LogP contribution in [0.25, 0.3) is 0 Å². The molecule has 2 aromatic rings. The predicted octanol–water partition coefficient (Wildman–Crippen LogP) is 2.31. The number of methoxy groups -OCH3 is 1. The number of nitrogens with zero attached hydrogens (tertiary/aromatic N) is 2. The van der Waals surface area contributed by atoms with Crippen LogP contribution >= 0.6 is 0 Å². The van der Waals surface area contributed by atoms with E-state index in [0.29, 0.717) is 0 Å². The summed E-state index contributed by atoms with van der Waals surface area (Å²) in [6.07, 6.45) is -3.59. The molecule has 2 aromatic carbocycles. The van der Waals surface area contributed by atoms with Crippen LogP contribution in [0, 0.1) is 13.7 Å². The number of rotatable bonds is 9. The maximum atomic E-state index is 12.9. The molecule has 2 N–H and O–H groups in total. The van der Waals surface area contributed by atoms with Crippen LogP contribution in [0.3, 0.4) is 0 Å². The van der Waals surface area contributed by atoms with Gasteiger partial charge in [-0.05, 0) is 37.0 Å². The van der Waals surface area contributed by atoms with Crippen LogP contribution in [0.15, 0.2) is 42.4 Å². The molecule has 1 amide bonds. The van der Waals surface area contributed by atoms with Crippen molar-refractivity contribution in [1.29, 1.82) is 0 Å². The molecule has 1 fully saturated rings. The maximum Gasteiger partial charge on any atom is 0.238 e. The summed E-state index contributed by atoms with van der Waals surface area (Å²) in [7, 11) is -2.93. The fourth-order valence-electron chi connectivity index (χ4n) is 2.93. The van der Waals surface area contributed by atoms with E-state index in [4.69, 9.17) is 30.0 Å². The van der Waals surface area contributed by atoms with Gasteiger partial charge in [0.1, 0.15) is 12.6 Å². The van der Waals surface area contributed by atoms with Crippen molar-refractivity contribution in [2.45, 2.75) is 19.8 Å². The molecule has 168 valence electrons. The molecule has 0 aromatic heterocycles. The monoisotopic (exact) mass is 442 g/mol. The Labute approximate surface area is 205 Å². The second-order valence-corrected chi connectivity index (χ2v) is 6.68. The van der Waals surface area contributed by atoms with Gasteiger partial charge in [-0.25, -0.2) is 0 Å². The van der Waals surface area contributed by atoms with E-state index in [0.717, 1.165) is 29.2 Å². The summed E-state index contributed by atoms with van der Waals surface area (Å²) in [5, 5.41) is 13.2. The Kier molecular flexibility index (Phi) is 3.71. The molecule has 1 heterocycles. The Balaban J connectivity index is 1.72. The Hall–Kier alpha value is -2.61. The number of ether oxygens (including phenoxy) is 2. The summed E-state index contributed by atoms with van der Waals surface area (Å²) in [6, 6.07) is 6.54. The molecular formula is C24H33N3O4. The number of nitrogens with one attached hydrogen (secondary N) is 1. The summed E-state index contributed by atoms with van der Waals surface area (Å²) >= 11 is 0. The second-order valence-electron chi connectivity index (χ2n) is 6.68. The molecule has 3 rings (SSSR count). The van der Waals surface area contributed by atoms with E-state index in [-0.39, 0.29) is 38.8 Å². The highest BCUT2D eigenvalue weighted by atomic mass is 16.5. The average Bonchev–Trinajstić information content (AvgIpc) is 2.88. The minimum absolute atomic E-state index is 0.0357. The fraction of sp³-hybridized carbons (Fsp3) is 0.458. The lowest BCUT2D eigenvalue weighted by Crippen LogP contribution is -2.50. The highest BCUT2D eigenvalue weighted by molar-refractivity contribution is 5.93. The van der Waals surface area contributed by atoms with Gasteiger partial charge in [-0.15, -0.1) is 0 Å². The molecule has 0 aliphatic carbocycles. The molecule has 0 saturated carbocycles. The molecule has 7 heteroatoms. The van der Waals surface area contributed by atoms with Crippen LogP contribution < -0.4 is 14.8 Å². The number of piperazine rings is 1. The normalized spacial score (nSPS) is 26.3. The van der Waals surface area contributed by atoms with Gasteiger partial charge in [-0.1, -0.05) is 30.3 Å². The summed E-state index contributed by atoms with van der Waals surface area (Å²) in [5.74, 6) is -1.71. The highest BCUT2D eigenvalue weighted by Crippen LogP contribution is 2.25. The first-order valence-electron chi connectivity index (χ1n) is 16.9. The molecule has 31 heavy (non-hydrogen) atoms. The number of hydrogen-bond acceptors (Lipinski definition) is 6. The number of para-hydroxylation sites is 3. The van der Waals surface area contributed by atoms with Gasteiger partial charge in [0.15, 0.2) is 11.5 Å². The van der Waals surface area contributed by atoms with E-state index in [9.17, 15) is 9.90 Å². The lowest BCUT2D eigenvalue weighted by molar-refractivity contribution is -0.117. The van der Waals surface area contributed by atoms with E-state index in [1.807, 2.05) is 0 Å². The number of hydrogen-bond donors (Lipinski definition) is 2. The smallest absolute Gasteiger partial charge is 0.238 e. The van der Waals surface area contributed by atoms with Gasteiger partial charge in [-0.2, -0.15) is 0 Å². The lowest BCUT2D eigenvalue weighted by Gasteiger charge is -2.35. The number of carbonyl (C=O) groups excluding carboxylic acids is 1. The first kappa shape index (κ1) is 10.3. The standard InChI is InChI=1S/C24H33N3O4/c1-18-7-6-8-19(2)24(18)25-23(29)16-27-13-11-26(12-14-27)15-20(28)17-31-22-10-5-4-9-21(22)30-3/h4-10,20,28H,11-17H2,1-3H3,(H,25,29)/i1D3,2D3,3D3,6D,15D2,17D2,20D. The van der Waals surface area contributed by atoms with E-state index in [2.05, 4.69) is 5.32 Å². The van der Waals surface area contributed by atoms with E-state index >= 15 is 0 Å². The number of carbonyl (C=O) groups is 1. The number of benzene rings is 2. The van der Waals surface area contributed by atoms with Crippen LogP contribution in [0.2, 0.25) is 0 Å². The second kappa shape index (κ2) is 11.1. The van der Waals surface area contributed by atoms with Gasteiger partial charge in [0.2, 0.25) is 5.91 Å². The maximum absolute atomic E-state index is 12.9. The number of aliphatic hydroxyl groups is 1. The van der Waals surface area contributed by atoms with Crippen molar-refractivity contribution in [3.05, 3.63) is 53.6 Å². The van der Waals surface area contributed by atoms with Crippen molar-refractivity contribution in [3.63, 3.8) is 0 Å². The number of aryl methyl sites for hydroxylation is 2. The zero-order valence-electron chi connectivity index (χ0n) is 31.6. The Bertz CT molecular complexity index is 1370. The zero-order valence-corrected chi connectivity index (χ0v) is 16.6. The van der Waals surface area contributed by atoms with Crippen molar-refractivity contribution in [1.82, 2.24) is 9.80 Å². The number of β-amino-alcohol motifs (C(OH)–C–C–N with tert-alkyl or cyclic N) is 1. The van der Waals surface area contributed by atoms with Crippen LogP contribution in [-0.4, -0.2) is 79.7 Å². The van der Waals surface area contributed by atoms with Crippen LogP contribution in [0.5, 0.6) is 11.5 Å². The SMILES string of the molecule is [2H]c1cc(C([2H])([2H])[2H])c(NC(=O)CN2CCN(C([2H])([2H])C([2H])(O)C([2H])([2H])Oc3ccccc3OC([2H])([2H])[2H])CC2)c(C([2H])([2H])[2H])c1. The summed E-state index contributed by atoms with van der Waals surface area (Å²) in [5.41, 5.74) is -1.49. The molecule has 1 atom stereocenters. The van der Waals surface area contributed by atoms with Crippen molar-refractivity contribution in [2.75, 3.05) is 58.1 Å². The third-order valence-corrected chi connectivity index (χ3v) is 4.48. The summed E-state index contributed by atoms with van der Waals surface area (Å²) in [6.45, 7) is -13.1. The Morgan fingerprint density at radius 1 is 1.19 bits per heavy atom. The van der Waals surface area contributed by atoms with Gasteiger partial charge in [0, 0.05) is 49.3 Å². The minimum Gasteiger partial charge on any atom is -0.493 e. The Morgan fingerprint density at radius 2 is 1.87 bits per heavy atom. The predicted molar refractivity (Wildman–Crippen MR) is 122 cm³/mol. The molecule has 0 spiro atoms. The van der Waals surface area contributed by atoms with E-state index in [1.54, 1.807) is 0 Å². The van der Waals surface area contributed by atoms with Crippen molar-refractivity contribution < 1.29 is 39.9 Å². The quantitative estimate of drug-likeness (QED) is 0.621. The molecule has 1 unspecified atom stereocenters. The lowest BCUT2D eigenvalue weighted by atomic mass is 10.1. The van der Waals surface area contributed by atoms with Crippen LogP contribution in [0.1, 0.15) is 31.7 Å². The third kappa shape index (κ3) is 6.69. The molecule has 1 aliphatic heterocycles. The topological polar surface area (TPSA) is 74.3 Å². The Morgan fingerprint density at radius 3 is 2.55 bits per heavy atom. The third-order valence-electron chi connectivity index (χ3n) is 4.48. The molecule has 0 radical (unpaired) electrons. The summed E-state index contributed by atoms with van der Waals surface area (Å²) in [4.78, 5) is 15.4. The molecule has 1 saturated heterocycles. The largest absolute Gasteiger partial charge is 0.493 e. The number of anilines is 1. The first-order chi connectivity index (χ1) is 20.8. The van der Waals surface area contributed by atoms with Crippen molar-refractivity contribution in [2.24, 2.45) is 0 Å².